The molecule has 4 nitrogen and oxygen atoms in total. The molecule has 0 bridgehead atoms. The average Bonchev–Trinajstić information content (AvgIpc) is 2.60. The van der Waals surface area contributed by atoms with Crippen molar-refractivity contribution >= 4 is 34.5 Å². The number of ether oxygens (including phenoxy) is 2. The number of benzene rings is 2. The van der Waals surface area contributed by atoms with Crippen LogP contribution in [-0.4, -0.2) is 29.9 Å². The number of carbonyl (C=O) groups is 2. The van der Waals surface area contributed by atoms with E-state index in [1.807, 2.05) is 42.5 Å². The number of fused-ring (bicyclic) bond motifs is 1. The van der Waals surface area contributed by atoms with E-state index in [2.05, 4.69) is 0 Å². The summed E-state index contributed by atoms with van der Waals surface area (Å²) in [6, 6.07) is 13.8. The Morgan fingerprint density at radius 3 is 2.04 bits per heavy atom. The fourth-order valence-electron chi connectivity index (χ4n) is 2.45. The number of rotatable bonds is 7. The Morgan fingerprint density at radius 2 is 1.50 bits per heavy atom. The summed E-state index contributed by atoms with van der Waals surface area (Å²) in [5.74, 6) is -1.10. The predicted octanol–water partition coefficient (Wildman–Crippen LogP) is 4.21. The molecule has 0 aliphatic rings. The van der Waals surface area contributed by atoms with Crippen LogP contribution >= 0.6 is 11.8 Å². The van der Waals surface area contributed by atoms with Gasteiger partial charge >= 0.3 is 11.9 Å². The Bertz CT molecular complexity index is 708. The lowest BCUT2D eigenvalue weighted by molar-refractivity contribution is -0.158. The summed E-state index contributed by atoms with van der Waals surface area (Å²) in [5, 5.41) is 2.16. The molecule has 0 aliphatic heterocycles. The van der Waals surface area contributed by atoms with E-state index >= 15 is 0 Å². The van der Waals surface area contributed by atoms with Crippen molar-refractivity contribution in [2.45, 2.75) is 36.8 Å². The Balaban J connectivity index is 2.41. The van der Waals surface area contributed by atoms with Crippen molar-refractivity contribution in [2.24, 2.45) is 0 Å². The fraction of sp³-hybridized carbons (Fsp3) is 0.368. The van der Waals surface area contributed by atoms with Gasteiger partial charge in [0.05, 0.1) is 13.2 Å². The average molecular weight is 346 g/mol. The number of carbonyl (C=O) groups excluding carboxylic acids is 2. The van der Waals surface area contributed by atoms with Gasteiger partial charge in [0, 0.05) is 4.90 Å². The summed E-state index contributed by atoms with van der Waals surface area (Å²) in [6.45, 7) is 5.69. The van der Waals surface area contributed by atoms with Gasteiger partial charge in [0.15, 0.2) is 0 Å². The summed E-state index contributed by atoms with van der Waals surface area (Å²) in [6.07, 6.45) is 0.294. The monoisotopic (exact) mass is 346 g/mol. The molecule has 5 heteroatoms. The molecule has 0 N–H and O–H groups in total. The summed E-state index contributed by atoms with van der Waals surface area (Å²) >= 11 is 1.20. The first-order chi connectivity index (χ1) is 11.6. The van der Waals surface area contributed by atoms with Crippen molar-refractivity contribution < 1.29 is 19.1 Å². The van der Waals surface area contributed by atoms with Crippen LogP contribution < -0.4 is 0 Å². The van der Waals surface area contributed by atoms with Crippen molar-refractivity contribution in [3.8, 4) is 0 Å². The van der Waals surface area contributed by atoms with Crippen LogP contribution in [0.2, 0.25) is 0 Å². The zero-order valence-corrected chi connectivity index (χ0v) is 15.0. The first kappa shape index (κ1) is 18.3. The number of hydrogen-bond acceptors (Lipinski definition) is 5. The van der Waals surface area contributed by atoms with Crippen LogP contribution in [0.4, 0.5) is 0 Å². The van der Waals surface area contributed by atoms with E-state index in [1.165, 1.54) is 11.8 Å². The van der Waals surface area contributed by atoms with Crippen molar-refractivity contribution in [2.75, 3.05) is 13.2 Å². The van der Waals surface area contributed by atoms with Crippen LogP contribution in [-0.2, 0) is 19.1 Å². The van der Waals surface area contributed by atoms with Gasteiger partial charge < -0.3 is 9.47 Å². The molecule has 0 fully saturated rings. The molecular weight excluding hydrogens is 324 g/mol. The molecule has 0 saturated carbocycles. The Kier molecular flexibility index (Phi) is 6.26. The van der Waals surface area contributed by atoms with Crippen molar-refractivity contribution in [3.63, 3.8) is 0 Å². The molecule has 128 valence electrons. The quantitative estimate of drug-likeness (QED) is 0.427. The molecule has 2 rings (SSSR count). The highest BCUT2D eigenvalue weighted by atomic mass is 32.2. The second-order valence-electron chi connectivity index (χ2n) is 5.23. The van der Waals surface area contributed by atoms with Crippen molar-refractivity contribution in [1.82, 2.24) is 0 Å². The number of thioether (sulfide) groups is 1. The van der Waals surface area contributed by atoms with Crippen molar-refractivity contribution in [3.05, 3.63) is 42.5 Å². The Morgan fingerprint density at radius 1 is 0.917 bits per heavy atom. The maximum absolute atomic E-state index is 12.5. The molecule has 0 unspecified atom stereocenters. The predicted molar refractivity (Wildman–Crippen MR) is 96.1 cm³/mol. The largest absolute Gasteiger partial charge is 0.465 e. The lowest BCUT2D eigenvalue weighted by Gasteiger charge is -2.27. The molecule has 0 saturated heterocycles. The van der Waals surface area contributed by atoms with Gasteiger partial charge in [-0.05, 0) is 43.2 Å². The molecular formula is C19H22O4S. The molecule has 0 spiro atoms. The summed E-state index contributed by atoms with van der Waals surface area (Å²) in [5.41, 5.74) is 0. The number of hydrogen-bond donors (Lipinski definition) is 0. The summed E-state index contributed by atoms with van der Waals surface area (Å²) in [4.78, 5) is 25.9. The third kappa shape index (κ3) is 3.73. The van der Waals surface area contributed by atoms with E-state index in [0.29, 0.717) is 6.42 Å². The van der Waals surface area contributed by atoms with Gasteiger partial charge in [0.1, 0.15) is 0 Å². The Hall–Kier alpha value is -2.01. The lowest BCUT2D eigenvalue weighted by atomic mass is 10.1. The highest BCUT2D eigenvalue weighted by molar-refractivity contribution is 8.02. The molecule has 24 heavy (non-hydrogen) atoms. The van der Waals surface area contributed by atoms with Gasteiger partial charge in [-0.25, -0.2) is 9.59 Å². The van der Waals surface area contributed by atoms with E-state index in [0.717, 1.165) is 15.7 Å². The molecule has 0 heterocycles. The van der Waals surface area contributed by atoms with E-state index in [9.17, 15) is 9.59 Å². The van der Waals surface area contributed by atoms with E-state index in [-0.39, 0.29) is 13.2 Å². The highest BCUT2D eigenvalue weighted by Gasteiger charge is 2.48. The minimum atomic E-state index is -1.38. The standard InChI is InChI=1S/C19H22O4S/c1-4-19(17(20)22-5-2,18(21)23-6-3)24-16-12-11-14-9-7-8-10-15(14)13-16/h7-13H,4-6H2,1-3H3. The zero-order chi connectivity index (χ0) is 17.6. The summed E-state index contributed by atoms with van der Waals surface area (Å²) < 4.78 is 8.95. The second-order valence-corrected chi connectivity index (χ2v) is 6.60. The van der Waals surface area contributed by atoms with E-state index < -0.39 is 16.7 Å². The van der Waals surface area contributed by atoms with Gasteiger partial charge in [-0.15, -0.1) is 0 Å². The van der Waals surface area contributed by atoms with Crippen LogP contribution in [0, 0.1) is 0 Å². The van der Waals surface area contributed by atoms with Gasteiger partial charge in [-0.1, -0.05) is 49.0 Å². The first-order valence-electron chi connectivity index (χ1n) is 8.09. The third-order valence-corrected chi connectivity index (χ3v) is 5.18. The van der Waals surface area contributed by atoms with Crippen LogP contribution in [0.15, 0.2) is 47.4 Å². The normalized spacial score (nSPS) is 11.3. The maximum atomic E-state index is 12.5. The molecule has 0 aromatic heterocycles. The van der Waals surface area contributed by atoms with Crippen LogP contribution in [0.25, 0.3) is 10.8 Å². The molecule has 0 amide bonds. The molecule has 2 aromatic rings. The molecule has 0 atom stereocenters. The molecule has 2 aromatic carbocycles. The highest BCUT2D eigenvalue weighted by Crippen LogP contribution is 2.39. The molecule has 0 aliphatic carbocycles. The smallest absolute Gasteiger partial charge is 0.334 e. The Labute approximate surface area is 146 Å². The van der Waals surface area contributed by atoms with Crippen LogP contribution in [0.1, 0.15) is 27.2 Å². The molecule has 0 radical (unpaired) electrons. The topological polar surface area (TPSA) is 52.6 Å². The zero-order valence-electron chi connectivity index (χ0n) is 14.2. The SMILES string of the molecule is CCOC(=O)C(CC)(Sc1ccc2ccccc2c1)C(=O)OCC. The van der Waals surface area contributed by atoms with Crippen LogP contribution in [0.3, 0.4) is 0 Å². The van der Waals surface area contributed by atoms with Crippen molar-refractivity contribution in [1.29, 1.82) is 0 Å². The number of esters is 2. The van der Waals surface area contributed by atoms with E-state index in [4.69, 9.17) is 9.47 Å². The van der Waals surface area contributed by atoms with Gasteiger partial charge in [0.25, 0.3) is 0 Å². The minimum Gasteiger partial charge on any atom is -0.465 e. The van der Waals surface area contributed by atoms with Gasteiger partial charge in [0.2, 0.25) is 4.75 Å². The third-order valence-electron chi connectivity index (χ3n) is 3.72. The van der Waals surface area contributed by atoms with E-state index in [1.54, 1.807) is 20.8 Å². The minimum absolute atomic E-state index is 0.221. The fourth-order valence-corrected chi connectivity index (χ4v) is 3.61. The van der Waals surface area contributed by atoms with Gasteiger partial charge in [-0.2, -0.15) is 0 Å². The van der Waals surface area contributed by atoms with Gasteiger partial charge in [-0.3, -0.25) is 0 Å². The maximum Gasteiger partial charge on any atom is 0.334 e. The first-order valence-corrected chi connectivity index (χ1v) is 8.91. The second kappa shape index (κ2) is 8.20. The summed E-state index contributed by atoms with van der Waals surface area (Å²) in [7, 11) is 0. The lowest BCUT2D eigenvalue weighted by Crippen LogP contribution is -2.45. The van der Waals surface area contributed by atoms with Crippen LogP contribution in [0.5, 0.6) is 0 Å².